The molecule has 0 heterocycles. The molecule has 3 nitrogen and oxygen atoms in total. The van der Waals surface area contributed by atoms with E-state index in [1.165, 1.54) is 0 Å². The summed E-state index contributed by atoms with van der Waals surface area (Å²) in [4.78, 5) is 0. The Balaban J connectivity index is 2.28. The molecule has 0 saturated heterocycles. The van der Waals surface area contributed by atoms with E-state index < -0.39 is 18.1 Å². The fourth-order valence-electron chi connectivity index (χ4n) is 2.25. The number of ether oxygens (including phenoxy) is 1. The van der Waals surface area contributed by atoms with Gasteiger partial charge in [-0.05, 0) is 12.8 Å². The van der Waals surface area contributed by atoms with Crippen LogP contribution in [0.4, 0.5) is 13.2 Å². The van der Waals surface area contributed by atoms with Crippen LogP contribution in [0, 0.1) is 5.92 Å². The number of alkyl halides is 3. The van der Waals surface area contributed by atoms with E-state index >= 15 is 0 Å². The number of halogens is 3. The van der Waals surface area contributed by atoms with E-state index in [1.54, 1.807) is 0 Å². The van der Waals surface area contributed by atoms with Gasteiger partial charge in [0.05, 0.1) is 25.7 Å². The van der Waals surface area contributed by atoms with Crippen LogP contribution in [-0.4, -0.2) is 43.7 Å². The second-order valence-corrected chi connectivity index (χ2v) is 4.33. The molecule has 2 atom stereocenters. The fourth-order valence-corrected chi connectivity index (χ4v) is 2.25. The lowest BCUT2D eigenvalue weighted by Crippen LogP contribution is -2.46. The van der Waals surface area contributed by atoms with Gasteiger partial charge in [-0.3, -0.25) is 0 Å². The van der Waals surface area contributed by atoms with Crippen LogP contribution in [0.2, 0.25) is 0 Å². The molecule has 1 fully saturated rings. The maximum atomic E-state index is 12.7. The number of rotatable bonds is 6. The summed E-state index contributed by atoms with van der Waals surface area (Å²) < 4.78 is 43.2. The van der Waals surface area contributed by atoms with E-state index in [-0.39, 0.29) is 19.6 Å². The lowest BCUT2D eigenvalue weighted by Gasteiger charge is -2.33. The Morgan fingerprint density at radius 3 is 2.53 bits per heavy atom. The molecule has 0 aromatic rings. The van der Waals surface area contributed by atoms with Crippen LogP contribution in [0.15, 0.2) is 0 Å². The molecule has 0 radical (unpaired) electrons. The van der Waals surface area contributed by atoms with Gasteiger partial charge < -0.3 is 15.2 Å². The highest BCUT2D eigenvalue weighted by Gasteiger charge is 2.45. The van der Waals surface area contributed by atoms with Crippen molar-refractivity contribution in [1.29, 1.82) is 0 Å². The molecule has 2 N–H and O–H groups in total. The minimum absolute atomic E-state index is 0.0609. The van der Waals surface area contributed by atoms with Gasteiger partial charge in [-0.25, -0.2) is 0 Å². The maximum absolute atomic E-state index is 12.7. The summed E-state index contributed by atoms with van der Waals surface area (Å²) in [6.07, 6.45) is -1.81. The number of aliphatic hydroxyl groups is 1. The lowest BCUT2D eigenvalue weighted by atomic mass is 9.84. The van der Waals surface area contributed by atoms with Gasteiger partial charge in [0.15, 0.2) is 0 Å². The van der Waals surface area contributed by atoms with Gasteiger partial charge in [-0.15, -0.1) is 0 Å². The van der Waals surface area contributed by atoms with Crippen molar-refractivity contribution in [2.75, 3.05) is 26.4 Å². The third-order valence-electron chi connectivity index (χ3n) is 3.07. The number of nitrogens with one attached hydrogen (secondary N) is 1. The molecule has 0 aliphatic heterocycles. The molecular formula is C11H20F3NO2. The zero-order valence-electron chi connectivity index (χ0n) is 9.80. The zero-order valence-corrected chi connectivity index (χ0v) is 9.80. The van der Waals surface area contributed by atoms with Crippen molar-refractivity contribution in [2.24, 2.45) is 5.92 Å². The predicted octanol–water partition coefficient (Wildman–Crippen LogP) is 1.71. The summed E-state index contributed by atoms with van der Waals surface area (Å²) in [5.41, 5.74) is 0. The van der Waals surface area contributed by atoms with Crippen LogP contribution in [0.5, 0.6) is 0 Å². The Bertz CT molecular complexity index is 211. The Hall–Kier alpha value is -0.330. The first-order chi connectivity index (χ1) is 8.05. The molecule has 1 aliphatic rings. The molecule has 0 spiro atoms. The average Bonchev–Trinajstić information content (AvgIpc) is 2.28. The molecule has 0 amide bonds. The summed E-state index contributed by atoms with van der Waals surface area (Å²) in [7, 11) is 0. The highest BCUT2D eigenvalue weighted by atomic mass is 19.4. The molecule has 0 aromatic carbocycles. The van der Waals surface area contributed by atoms with Gasteiger partial charge in [-0.1, -0.05) is 12.8 Å². The largest absolute Gasteiger partial charge is 0.394 e. The first-order valence-corrected chi connectivity index (χ1v) is 6.04. The monoisotopic (exact) mass is 255 g/mol. The van der Waals surface area contributed by atoms with Crippen molar-refractivity contribution >= 4 is 0 Å². The molecule has 17 heavy (non-hydrogen) atoms. The lowest BCUT2D eigenvalue weighted by molar-refractivity contribution is -0.189. The number of hydrogen-bond acceptors (Lipinski definition) is 3. The first-order valence-electron chi connectivity index (χ1n) is 6.04. The highest BCUT2D eigenvalue weighted by Crippen LogP contribution is 2.37. The Morgan fingerprint density at radius 2 is 1.88 bits per heavy atom. The van der Waals surface area contributed by atoms with Gasteiger partial charge >= 0.3 is 6.18 Å². The van der Waals surface area contributed by atoms with E-state index in [2.05, 4.69) is 5.32 Å². The maximum Gasteiger partial charge on any atom is 0.393 e. The van der Waals surface area contributed by atoms with Crippen molar-refractivity contribution < 1.29 is 23.0 Å². The standard InChI is InChI=1S/C11H20F3NO2/c12-11(13,14)9-3-1-2-4-10(9)15-5-7-17-8-6-16/h9-10,15-16H,1-8H2. The Kier molecular flexibility index (Phi) is 6.22. The predicted molar refractivity (Wildman–Crippen MR) is 57.7 cm³/mol. The van der Waals surface area contributed by atoms with Crippen molar-refractivity contribution in [1.82, 2.24) is 5.32 Å². The van der Waals surface area contributed by atoms with Crippen LogP contribution in [0.1, 0.15) is 25.7 Å². The van der Waals surface area contributed by atoms with Gasteiger partial charge in [0.2, 0.25) is 0 Å². The van der Waals surface area contributed by atoms with E-state index in [0.29, 0.717) is 26.0 Å². The third-order valence-corrected chi connectivity index (χ3v) is 3.07. The van der Waals surface area contributed by atoms with E-state index in [1.807, 2.05) is 0 Å². The molecule has 2 unspecified atom stereocenters. The fraction of sp³-hybridized carbons (Fsp3) is 1.00. The van der Waals surface area contributed by atoms with Crippen LogP contribution in [0.3, 0.4) is 0 Å². The normalized spacial score (nSPS) is 26.1. The second kappa shape index (κ2) is 7.18. The quantitative estimate of drug-likeness (QED) is 0.710. The summed E-state index contributed by atoms with van der Waals surface area (Å²) in [6.45, 7) is 0.905. The molecule has 1 saturated carbocycles. The van der Waals surface area contributed by atoms with Gasteiger partial charge in [0.1, 0.15) is 0 Å². The van der Waals surface area contributed by atoms with E-state index in [9.17, 15) is 13.2 Å². The van der Waals surface area contributed by atoms with Crippen LogP contribution in [-0.2, 0) is 4.74 Å². The molecule has 6 heteroatoms. The van der Waals surface area contributed by atoms with Crippen LogP contribution >= 0.6 is 0 Å². The summed E-state index contributed by atoms with van der Waals surface area (Å²) in [5.74, 6) is -1.23. The SMILES string of the molecule is OCCOCCNC1CCCCC1C(F)(F)F. The summed E-state index contributed by atoms with van der Waals surface area (Å²) in [5, 5.41) is 11.4. The van der Waals surface area contributed by atoms with Crippen LogP contribution in [0.25, 0.3) is 0 Å². The second-order valence-electron chi connectivity index (χ2n) is 4.33. The van der Waals surface area contributed by atoms with Gasteiger partial charge in [0, 0.05) is 12.6 Å². The zero-order chi connectivity index (χ0) is 12.7. The Morgan fingerprint density at radius 1 is 1.18 bits per heavy atom. The molecule has 102 valence electrons. The summed E-state index contributed by atoms with van der Waals surface area (Å²) >= 11 is 0. The van der Waals surface area contributed by atoms with Gasteiger partial charge in [0.25, 0.3) is 0 Å². The molecular weight excluding hydrogens is 235 g/mol. The van der Waals surface area contributed by atoms with Crippen molar-refractivity contribution in [3.05, 3.63) is 0 Å². The Labute approximate surface area is 99.3 Å². The minimum Gasteiger partial charge on any atom is -0.394 e. The molecule has 1 rings (SSSR count). The topological polar surface area (TPSA) is 41.5 Å². The minimum atomic E-state index is -4.11. The van der Waals surface area contributed by atoms with Crippen molar-refractivity contribution in [3.8, 4) is 0 Å². The number of hydrogen-bond donors (Lipinski definition) is 2. The van der Waals surface area contributed by atoms with Crippen molar-refractivity contribution in [2.45, 2.75) is 37.9 Å². The number of aliphatic hydroxyl groups excluding tert-OH is 1. The molecule has 1 aliphatic carbocycles. The first kappa shape index (κ1) is 14.7. The van der Waals surface area contributed by atoms with Gasteiger partial charge in [-0.2, -0.15) is 13.2 Å². The highest BCUT2D eigenvalue weighted by molar-refractivity contribution is 4.85. The molecule has 0 bridgehead atoms. The third kappa shape index (κ3) is 5.23. The molecule has 0 aromatic heterocycles. The van der Waals surface area contributed by atoms with Crippen LogP contribution < -0.4 is 5.32 Å². The van der Waals surface area contributed by atoms with E-state index in [0.717, 1.165) is 6.42 Å². The summed E-state index contributed by atoms with van der Waals surface area (Å²) in [6, 6.07) is -0.485. The average molecular weight is 255 g/mol. The van der Waals surface area contributed by atoms with Crippen molar-refractivity contribution in [3.63, 3.8) is 0 Å². The smallest absolute Gasteiger partial charge is 0.393 e. The van der Waals surface area contributed by atoms with E-state index in [4.69, 9.17) is 9.84 Å².